The van der Waals surface area contributed by atoms with Crippen LogP contribution in [0, 0.1) is 11.8 Å². The van der Waals surface area contributed by atoms with Gasteiger partial charge in [0, 0.05) is 5.92 Å². The van der Waals surface area contributed by atoms with E-state index in [0.717, 1.165) is 30.7 Å². The van der Waals surface area contributed by atoms with E-state index in [9.17, 15) is 4.79 Å². The lowest BCUT2D eigenvalue weighted by Crippen LogP contribution is -2.29. The second-order valence-corrected chi connectivity index (χ2v) is 5.44. The van der Waals surface area contributed by atoms with E-state index >= 15 is 0 Å². The maximum Gasteiger partial charge on any atom is 0.229 e. The Balaban J connectivity index is 1.96. The lowest BCUT2D eigenvalue weighted by atomic mass is 9.95. The number of nitrogens with one attached hydrogen (secondary N) is 1. The van der Waals surface area contributed by atoms with Gasteiger partial charge in [0.15, 0.2) is 0 Å². The molecule has 17 heavy (non-hydrogen) atoms. The summed E-state index contributed by atoms with van der Waals surface area (Å²) in [5, 5.41) is 12.3. The Bertz CT molecular complexity index is 393. The van der Waals surface area contributed by atoms with Crippen LogP contribution in [0.25, 0.3) is 0 Å². The third-order valence-electron chi connectivity index (χ3n) is 3.30. The van der Waals surface area contributed by atoms with Crippen molar-refractivity contribution in [3.8, 4) is 0 Å². The molecule has 2 rings (SSSR count). The molecule has 1 aliphatic carbocycles. The van der Waals surface area contributed by atoms with Gasteiger partial charge >= 0.3 is 0 Å². The molecule has 0 aromatic carbocycles. The lowest BCUT2D eigenvalue weighted by Gasteiger charge is -2.15. The van der Waals surface area contributed by atoms with E-state index in [1.807, 2.05) is 6.92 Å². The number of carbonyl (C=O) groups is 1. The molecule has 0 radical (unpaired) electrons. The summed E-state index contributed by atoms with van der Waals surface area (Å²) < 4.78 is 0. The highest BCUT2D eigenvalue weighted by atomic mass is 32.1. The standard InChI is InChI=1S/C11H18N4OS/c1-2-9-14-15-11(17-9)13-10(16)8-5-3-4-7(8)6-12/h7-8H,2-6,12H2,1H3,(H,13,15,16). The summed E-state index contributed by atoms with van der Waals surface area (Å²) in [7, 11) is 0. The van der Waals surface area contributed by atoms with Crippen LogP contribution in [0.2, 0.25) is 0 Å². The van der Waals surface area contributed by atoms with Crippen LogP contribution in [0.3, 0.4) is 0 Å². The molecule has 2 atom stereocenters. The zero-order valence-corrected chi connectivity index (χ0v) is 10.8. The van der Waals surface area contributed by atoms with Crippen molar-refractivity contribution in [2.24, 2.45) is 17.6 Å². The normalized spacial score (nSPS) is 23.9. The first-order valence-corrected chi connectivity index (χ1v) is 6.89. The summed E-state index contributed by atoms with van der Waals surface area (Å²) in [5.74, 6) is 0.430. The fraction of sp³-hybridized carbons (Fsp3) is 0.727. The van der Waals surface area contributed by atoms with Crippen molar-refractivity contribution in [1.29, 1.82) is 0 Å². The van der Waals surface area contributed by atoms with Crippen LogP contribution in [0.4, 0.5) is 5.13 Å². The van der Waals surface area contributed by atoms with Crippen molar-refractivity contribution >= 4 is 22.4 Å². The molecule has 0 spiro atoms. The smallest absolute Gasteiger partial charge is 0.229 e. The second-order valence-electron chi connectivity index (χ2n) is 4.38. The van der Waals surface area contributed by atoms with Crippen molar-refractivity contribution in [3.63, 3.8) is 0 Å². The number of hydrogen-bond acceptors (Lipinski definition) is 5. The number of aromatic nitrogens is 2. The van der Waals surface area contributed by atoms with Gasteiger partial charge in [-0.15, -0.1) is 10.2 Å². The Hall–Kier alpha value is -1.01. The van der Waals surface area contributed by atoms with Crippen LogP contribution < -0.4 is 11.1 Å². The maximum atomic E-state index is 12.1. The van der Waals surface area contributed by atoms with E-state index in [4.69, 9.17) is 5.73 Å². The van der Waals surface area contributed by atoms with Gasteiger partial charge in [-0.25, -0.2) is 0 Å². The average molecular weight is 254 g/mol. The van der Waals surface area contributed by atoms with E-state index in [1.165, 1.54) is 11.3 Å². The van der Waals surface area contributed by atoms with Crippen molar-refractivity contribution in [2.75, 3.05) is 11.9 Å². The molecule has 2 unspecified atom stereocenters. The summed E-state index contributed by atoms with van der Waals surface area (Å²) in [6, 6.07) is 0. The van der Waals surface area contributed by atoms with Gasteiger partial charge in [-0.2, -0.15) is 0 Å². The summed E-state index contributed by atoms with van der Waals surface area (Å²) in [6.07, 6.45) is 3.94. The minimum Gasteiger partial charge on any atom is -0.330 e. The van der Waals surface area contributed by atoms with Crippen LogP contribution in [-0.4, -0.2) is 22.6 Å². The fourth-order valence-corrected chi connectivity index (χ4v) is 2.99. The number of hydrogen-bond donors (Lipinski definition) is 2. The van der Waals surface area contributed by atoms with Crippen LogP contribution in [-0.2, 0) is 11.2 Å². The van der Waals surface area contributed by atoms with Gasteiger partial charge in [0.1, 0.15) is 5.01 Å². The molecule has 3 N–H and O–H groups in total. The molecule has 0 saturated heterocycles. The molecule has 1 heterocycles. The summed E-state index contributed by atoms with van der Waals surface area (Å²) in [4.78, 5) is 12.1. The van der Waals surface area contributed by atoms with Gasteiger partial charge in [0.25, 0.3) is 0 Å². The number of rotatable bonds is 4. The molecule has 1 aliphatic rings. The van der Waals surface area contributed by atoms with E-state index < -0.39 is 0 Å². The van der Waals surface area contributed by atoms with Crippen molar-refractivity contribution in [3.05, 3.63) is 5.01 Å². The lowest BCUT2D eigenvalue weighted by molar-refractivity contribution is -0.120. The number of carbonyl (C=O) groups excluding carboxylic acids is 1. The van der Waals surface area contributed by atoms with Gasteiger partial charge in [0.05, 0.1) is 0 Å². The number of nitrogens with two attached hydrogens (primary N) is 1. The Morgan fingerprint density at radius 3 is 3.00 bits per heavy atom. The first-order valence-electron chi connectivity index (χ1n) is 6.08. The van der Waals surface area contributed by atoms with Gasteiger partial charge in [-0.1, -0.05) is 24.7 Å². The van der Waals surface area contributed by atoms with E-state index in [0.29, 0.717) is 17.6 Å². The van der Waals surface area contributed by atoms with Gasteiger partial charge in [0.2, 0.25) is 11.0 Å². The summed E-state index contributed by atoms with van der Waals surface area (Å²) >= 11 is 1.44. The monoisotopic (exact) mass is 254 g/mol. The van der Waals surface area contributed by atoms with E-state index in [-0.39, 0.29) is 11.8 Å². The number of amides is 1. The predicted octanol–water partition coefficient (Wildman–Crippen LogP) is 1.41. The van der Waals surface area contributed by atoms with Crippen LogP contribution >= 0.6 is 11.3 Å². The van der Waals surface area contributed by atoms with Gasteiger partial charge < -0.3 is 11.1 Å². The Morgan fingerprint density at radius 2 is 2.35 bits per heavy atom. The first kappa shape index (κ1) is 12.4. The van der Waals surface area contributed by atoms with Crippen molar-refractivity contribution < 1.29 is 4.79 Å². The highest BCUT2D eigenvalue weighted by molar-refractivity contribution is 7.15. The maximum absolute atomic E-state index is 12.1. The fourth-order valence-electron chi connectivity index (χ4n) is 2.31. The zero-order valence-electron chi connectivity index (χ0n) is 9.98. The molecule has 1 fully saturated rings. The first-order chi connectivity index (χ1) is 8.24. The largest absolute Gasteiger partial charge is 0.330 e. The molecule has 1 saturated carbocycles. The third kappa shape index (κ3) is 2.81. The molecule has 1 amide bonds. The zero-order chi connectivity index (χ0) is 12.3. The number of aryl methyl sites for hydroxylation is 1. The van der Waals surface area contributed by atoms with Crippen LogP contribution in [0.15, 0.2) is 0 Å². The highest BCUT2D eigenvalue weighted by Gasteiger charge is 2.32. The summed E-state index contributed by atoms with van der Waals surface area (Å²) in [6.45, 7) is 2.61. The van der Waals surface area contributed by atoms with Crippen molar-refractivity contribution in [1.82, 2.24) is 10.2 Å². The molecule has 1 aromatic heterocycles. The third-order valence-corrected chi connectivity index (χ3v) is 4.28. The molecular weight excluding hydrogens is 236 g/mol. The minimum atomic E-state index is 0.0500. The SMILES string of the molecule is CCc1nnc(NC(=O)C2CCCC2CN)s1. The average Bonchev–Trinajstić information content (AvgIpc) is 2.96. The summed E-state index contributed by atoms with van der Waals surface area (Å²) in [5.41, 5.74) is 5.68. The molecule has 6 heteroatoms. The predicted molar refractivity (Wildman–Crippen MR) is 67.8 cm³/mol. The molecule has 94 valence electrons. The molecule has 5 nitrogen and oxygen atoms in total. The topological polar surface area (TPSA) is 80.9 Å². The van der Waals surface area contributed by atoms with Gasteiger partial charge in [-0.05, 0) is 31.7 Å². The number of anilines is 1. The van der Waals surface area contributed by atoms with E-state index in [1.54, 1.807) is 0 Å². The van der Waals surface area contributed by atoms with E-state index in [2.05, 4.69) is 15.5 Å². The number of nitrogens with zero attached hydrogens (tertiary/aromatic N) is 2. The molecular formula is C11H18N4OS. The Kier molecular flexibility index (Phi) is 4.06. The Morgan fingerprint density at radius 1 is 1.53 bits per heavy atom. The van der Waals surface area contributed by atoms with Crippen molar-refractivity contribution in [2.45, 2.75) is 32.6 Å². The minimum absolute atomic E-state index is 0.0500. The van der Waals surface area contributed by atoms with Crippen LogP contribution in [0.5, 0.6) is 0 Å². The molecule has 0 bridgehead atoms. The highest BCUT2D eigenvalue weighted by Crippen LogP contribution is 2.32. The molecule has 0 aliphatic heterocycles. The quantitative estimate of drug-likeness (QED) is 0.851. The Labute approximate surface area is 105 Å². The van der Waals surface area contributed by atoms with Crippen LogP contribution in [0.1, 0.15) is 31.2 Å². The van der Waals surface area contributed by atoms with Gasteiger partial charge in [-0.3, -0.25) is 4.79 Å². The molecule has 1 aromatic rings. The second kappa shape index (κ2) is 5.55.